The lowest BCUT2D eigenvalue weighted by Gasteiger charge is -2.35. The Bertz CT molecular complexity index is 966. The molecule has 2 aromatic rings. The number of nitrogens with zero attached hydrogens (tertiary/aromatic N) is 3. The van der Waals surface area contributed by atoms with Crippen LogP contribution in [0.5, 0.6) is 0 Å². The predicted octanol–water partition coefficient (Wildman–Crippen LogP) is 2.60. The first-order valence-electron chi connectivity index (χ1n) is 12.0. The number of carbonyl (C=O) groups excluding carboxylic acids is 2. The van der Waals surface area contributed by atoms with Gasteiger partial charge in [0.15, 0.2) is 5.78 Å². The van der Waals surface area contributed by atoms with E-state index in [1.54, 1.807) is 0 Å². The smallest absolute Gasteiger partial charge is 0.392 e. The van der Waals surface area contributed by atoms with Gasteiger partial charge in [-0.15, -0.1) is 5.10 Å². The molecule has 2 atom stereocenters. The molecule has 8 heteroatoms. The van der Waals surface area contributed by atoms with E-state index in [0.717, 1.165) is 43.5 Å². The molecule has 0 aliphatic carbocycles. The van der Waals surface area contributed by atoms with Gasteiger partial charge in [-0.1, -0.05) is 57.5 Å². The fraction of sp³-hybridized carbons (Fsp3) is 0.600. The van der Waals surface area contributed by atoms with Gasteiger partial charge in [-0.2, -0.15) is 4.68 Å². The van der Waals surface area contributed by atoms with Gasteiger partial charge in [0, 0.05) is 13.0 Å². The van der Waals surface area contributed by atoms with E-state index in [9.17, 15) is 14.4 Å². The summed E-state index contributed by atoms with van der Waals surface area (Å²) in [5.41, 5.74) is 1.25. The van der Waals surface area contributed by atoms with Gasteiger partial charge in [0.2, 0.25) is 11.8 Å². The van der Waals surface area contributed by atoms with Gasteiger partial charge < -0.3 is 9.73 Å². The van der Waals surface area contributed by atoms with E-state index in [4.69, 9.17) is 4.42 Å². The number of Topliss-reactive ketones (excluding diaryl/α,β-unsaturated/α-hetero) is 1. The molecular formula is C25H36N4O4. The molecule has 1 fully saturated rings. The minimum Gasteiger partial charge on any atom is -0.392 e. The summed E-state index contributed by atoms with van der Waals surface area (Å²) in [5.74, 6) is -0.479. The van der Waals surface area contributed by atoms with Crippen molar-refractivity contribution >= 4 is 11.7 Å². The largest absolute Gasteiger partial charge is 0.437 e. The molecule has 1 aliphatic heterocycles. The van der Waals surface area contributed by atoms with Crippen LogP contribution in [0.3, 0.4) is 0 Å². The number of hydrogen-bond acceptors (Lipinski definition) is 6. The van der Waals surface area contributed by atoms with Crippen molar-refractivity contribution in [3.8, 4) is 0 Å². The number of likely N-dealkylation sites (tertiary alicyclic amines) is 1. The first-order valence-corrected chi connectivity index (χ1v) is 12.0. The summed E-state index contributed by atoms with van der Waals surface area (Å²) in [5, 5.41) is 7.06. The number of nitrogens with one attached hydrogen (secondary N) is 1. The summed E-state index contributed by atoms with van der Waals surface area (Å²) in [4.78, 5) is 40.5. The van der Waals surface area contributed by atoms with Gasteiger partial charge in [0.25, 0.3) is 0 Å². The zero-order valence-electron chi connectivity index (χ0n) is 20.0. The summed E-state index contributed by atoms with van der Waals surface area (Å²) in [7, 11) is 0. The number of hydrogen-bond donors (Lipinski definition) is 1. The van der Waals surface area contributed by atoms with Crippen LogP contribution in [-0.4, -0.2) is 51.5 Å². The molecule has 0 saturated carbocycles. The SMILES string of the molecule is CCc1nn(CC(=O)[C@H](CC(C)C)NC(=O)[C@@H]2CCCCN2CCc2ccccc2)c(=O)o1. The standard InChI is InChI=1S/C25H36N4O4/c1-4-23-27-29(25(32)33-23)17-22(30)20(16-18(2)3)26-24(31)21-12-8-9-14-28(21)15-13-19-10-6-5-7-11-19/h5-7,10-11,18,20-21H,4,8-9,12-17H2,1-3H3,(H,26,31)/t20-,21-/m0/s1. The van der Waals surface area contributed by atoms with Gasteiger partial charge >= 0.3 is 5.76 Å². The second kappa shape index (κ2) is 11.9. The Morgan fingerprint density at radius 2 is 1.97 bits per heavy atom. The molecule has 3 rings (SSSR count). The second-order valence-electron chi connectivity index (χ2n) is 9.21. The van der Waals surface area contributed by atoms with Gasteiger partial charge in [-0.3, -0.25) is 14.5 Å². The summed E-state index contributed by atoms with van der Waals surface area (Å²) in [6, 6.07) is 9.36. The molecule has 2 heterocycles. The molecule has 0 radical (unpaired) electrons. The molecule has 1 aromatic carbocycles. The van der Waals surface area contributed by atoms with Crippen LogP contribution in [0.25, 0.3) is 0 Å². The third-order valence-electron chi connectivity index (χ3n) is 6.12. The van der Waals surface area contributed by atoms with Crippen LogP contribution >= 0.6 is 0 Å². The number of amides is 1. The van der Waals surface area contributed by atoms with E-state index < -0.39 is 11.8 Å². The van der Waals surface area contributed by atoms with Crippen molar-refractivity contribution in [1.29, 1.82) is 0 Å². The van der Waals surface area contributed by atoms with Crippen LogP contribution in [-0.2, 0) is 29.0 Å². The molecule has 0 bridgehead atoms. The minimum absolute atomic E-state index is 0.108. The van der Waals surface area contributed by atoms with Crippen molar-refractivity contribution < 1.29 is 14.0 Å². The number of benzene rings is 1. The zero-order valence-corrected chi connectivity index (χ0v) is 20.0. The highest BCUT2D eigenvalue weighted by molar-refractivity contribution is 5.90. The van der Waals surface area contributed by atoms with Crippen molar-refractivity contribution in [3.05, 3.63) is 52.3 Å². The van der Waals surface area contributed by atoms with Crippen molar-refractivity contribution in [1.82, 2.24) is 20.0 Å². The quantitative estimate of drug-likeness (QED) is 0.558. The average Bonchev–Trinajstić information content (AvgIpc) is 3.17. The van der Waals surface area contributed by atoms with Gasteiger partial charge in [0.1, 0.15) is 6.54 Å². The molecule has 1 saturated heterocycles. The normalized spacial score (nSPS) is 17.8. The lowest BCUT2D eigenvalue weighted by molar-refractivity contribution is -0.132. The molecule has 1 N–H and O–H groups in total. The summed E-state index contributed by atoms with van der Waals surface area (Å²) < 4.78 is 6.08. The predicted molar refractivity (Wildman–Crippen MR) is 126 cm³/mol. The van der Waals surface area contributed by atoms with Gasteiger partial charge in [0.05, 0.1) is 12.1 Å². The van der Waals surface area contributed by atoms with E-state index in [2.05, 4.69) is 27.4 Å². The topological polar surface area (TPSA) is 97.4 Å². The lowest BCUT2D eigenvalue weighted by atomic mass is 9.97. The maximum absolute atomic E-state index is 13.3. The second-order valence-corrected chi connectivity index (χ2v) is 9.21. The number of rotatable bonds is 11. The van der Waals surface area contributed by atoms with Crippen molar-refractivity contribution in [3.63, 3.8) is 0 Å². The molecule has 8 nitrogen and oxygen atoms in total. The Hall–Kier alpha value is -2.74. The average molecular weight is 457 g/mol. The molecule has 33 heavy (non-hydrogen) atoms. The highest BCUT2D eigenvalue weighted by Gasteiger charge is 2.32. The monoisotopic (exact) mass is 456 g/mol. The van der Waals surface area contributed by atoms with E-state index in [-0.39, 0.29) is 30.2 Å². The first kappa shape index (κ1) is 24.9. The van der Waals surface area contributed by atoms with Crippen molar-refractivity contribution in [2.24, 2.45) is 5.92 Å². The van der Waals surface area contributed by atoms with E-state index >= 15 is 0 Å². The summed E-state index contributed by atoms with van der Waals surface area (Å²) in [6.07, 6.45) is 4.72. The fourth-order valence-electron chi connectivity index (χ4n) is 4.33. The third kappa shape index (κ3) is 7.12. The van der Waals surface area contributed by atoms with E-state index in [1.807, 2.05) is 39.0 Å². The maximum Gasteiger partial charge on any atom is 0.437 e. The van der Waals surface area contributed by atoms with E-state index in [1.165, 1.54) is 5.56 Å². The van der Waals surface area contributed by atoms with Crippen LogP contribution in [0.4, 0.5) is 0 Å². The van der Waals surface area contributed by atoms with Crippen LogP contribution in [0, 0.1) is 5.92 Å². The molecule has 1 amide bonds. The maximum atomic E-state index is 13.3. The Morgan fingerprint density at radius 1 is 1.21 bits per heavy atom. The van der Waals surface area contributed by atoms with Gasteiger partial charge in [-0.05, 0) is 43.7 Å². The highest BCUT2D eigenvalue weighted by atomic mass is 16.4. The molecule has 0 spiro atoms. The molecule has 1 aliphatic rings. The minimum atomic E-state index is -0.663. The Kier molecular flexibility index (Phi) is 9.00. The lowest BCUT2D eigenvalue weighted by Crippen LogP contribution is -2.54. The summed E-state index contributed by atoms with van der Waals surface area (Å²) >= 11 is 0. The molecular weight excluding hydrogens is 420 g/mol. The number of aryl methyl sites for hydroxylation is 1. The number of piperidine rings is 1. The van der Waals surface area contributed by atoms with Crippen LogP contribution < -0.4 is 11.1 Å². The number of ketones is 1. The molecule has 1 aromatic heterocycles. The van der Waals surface area contributed by atoms with E-state index in [0.29, 0.717) is 18.7 Å². The Balaban J connectivity index is 1.66. The molecule has 0 unspecified atom stereocenters. The molecule has 180 valence electrons. The highest BCUT2D eigenvalue weighted by Crippen LogP contribution is 2.19. The number of carbonyl (C=O) groups is 2. The zero-order chi connectivity index (χ0) is 23.8. The van der Waals surface area contributed by atoms with Crippen molar-refractivity contribution in [2.45, 2.75) is 77.9 Å². The Labute approximate surface area is 195 Å². The Morgan fingerprint density at radius 3 is 2.64 bits per heavy atom. The van der Waals surface area contributed by atoms with Crippen LogP contribution in [0.1, 0.15) is 57.9 Å². The van der Waals surface area contributed by atoms with Crippen LogP contribution in [0.15, 0.2) is 39.5 Å². The third-order valence-corrected chi connectivity index (χ3v) is 6.12. The number of aromatic nitrogens is 2. The summed E-state index contributed by atoms with van der Waals surface area (Å²) in [6.45, 7) is 7.32. The first-order chi connectivity index (χ1) is 15.9. The fourth-order valence-corrected chi connectivity index (χ4v) is 4.33. The van der Waals surface area contributed by atoms with Crippen LogP contribution in [0.2, 0.25) is 0 Å². The van der Waals surface area contributed by atoms with Gasteiger partial charge in [-0.25, -0.2) is 4.79 Å². The van der Waals surface area contributed by atoms with Crippen molar-refractivity contribution in [2.75, 3.05) is 13.1 Å².